The van der Waals surface area contributed by atoms with Gasteiger partial charge in [0.2, 0.25) is 5.91 Å². The molecule has 10 nitrogen and oxygen atoms in total. The number of hydrogen-bond donors (Lipinski definition) is 1. The number of hydrogen-bond acceptors (Lipinski definition) is 10. The lowest BCUT2D eigenvalue weighted by atomic mass is 9.79. The molecule has 2 saturated heterocycles. The highest BCUT2D eigenvalue weighted by atomic mass is 32.2. The van der Waals surface area contributed by atoms with Gasteiger partial charge in [0.15, 0.2) is 5.17 Å². The number of amidine groups is 1. The Kier molecular flexibility index (Phi) is 6.07. The van der Waals surface area contributed by atoms with Crippen LogP contribution < -0.4 is 4.74 Å². The summed E-state index contributed by atoms with van der Waals surface area (Å²) in [4.78, 5) is 45.5. The largest absolute Gasteiger partial charge is 0.422 e. The molecule has 1 amide bonds. The first-order valence-corrected chi connectivity index (χ1v) is 12.9. The van der Waals surface area contributed by atoms with Gasteiger partial charge in [0.05, 0.1) is 29.5 Å². The van der Waals surface area contributed by atoms with Crippen LogP contribution in [0.1, 0.15) is 13.8 Å². The molecule has 4 aliphatic heterocycles. The zero-order chi connectivity index (χ0) is 24.1. The molecule has 5 rings (SSSR count). The average molecular weight is 505 g/mol. The number of fused-ring (bicyclic) bond motifs is 1. The predicted octanol–water partition coefficient (Wildman–Crippen LogP) is 2.09. The van der Waals surface area contributed by atoms with Gasteiger partial charge >= 0.3 is 5.97 Å². The number of carbonyl (C=O) groups is 2. The Morgan fingerprint density at radius 3 is 2.65 bits per heavy atom. The van der Waals surface area contributed by atoms with Crippen molar-refractivity contribution in [2.45, 2.75) is 31.2 Å². The summed E-state index contributed by atoms with van der Waals surface area (Å²) in [5.74, 6) is -0.467. The molecule has 0 bridgehead atoms. The van der Waals surface area contributed by atoms with Crippen LogP contribution in [0.15, 0.2) is 39.9 Å². The van der Waals surface area contributed by atoms with E-state index in [0.29, 0.717) is 0 Å². The molecule has 12 heteroatoms. The van der Waals surface area contributed by atoms with Crippen molar-refractivity contribution in [1.82, 2.24) is 9.80 Å². The first-order chi connectivity index (χ1) is 16.3. The van der Waals surface area contributed by atoms with Crippen LogP contribution in [0.25, 0.3) is 0 Å². The van der Waals surface area contributed by atoms with Crippen molar-refractivity contribution in [3.63, 3.8) is 0 Å². The first kappa shape index (κ1) is 23.2. The molecule has 180 valence electrons. The number of non-ortho nitro benzene ring substituents is 1. The number of nitro benzene ring substituents is 1. The summed E-state index contributed by atoms with van der Waals surface area (Å²) in [6, 6.07) is 4.95. The van der Waals surface area contributed by atoms with Crippen molar-refractivity contribution in [2.75, 3.05) is 25.4 Å². The van der Waals surface area contributed by atoms with Crippen LogP contribution in [0.4, 0.5) is 5.69 Å². The highest BCUT2D eigenvalue weighted by molar-refractivity contribution is 8.14. The van der Waals surface area contributed by atoms with Crippen LogP contribution in [0.2, 0.25) is 0 Å². The third-order valence-electron chi connectivity index (χ3n) is 6.54. The molecule has 4 aliphatic rings. The van der Waals surface area contributed by atoms with Crippen LogP contribution in [-0.4, -0.2) is 79.7 Å². The zero-order valence-electron chi connectivity index (χ0n) is 18.6. The third-order valence-corrected chi connectivity index (χ3v) is 9.02. The minimum absolute atomic E-state index is 0.109. The number of thioether (sulfide) groups is 2. The normalized spacial score (nSPS) is 27.2. The number of aliphatic hydroxyl groups excluding tert-OH is 1. The van der Waals surface area contributed by atoms with Crippen LogP contribution in [0.5, 0.6) is 5.75 Å². The van der Waals surface area contributed by atoms with E-state index in [1.807, 2.05) is 6.92 Å². The molecule has 1 aromatic carbocycles. The average Bonchev–Trinajstić information content (AvgIpc) is 3.36. The molecular weight excluding hydrogens is 480 g/mol. The molecular formula is C22H24N4O6S2. The fraction of sp³-hybridized carbons (Fsp3) is 0.500. The van der Waals surface area contributed by atoms with Crippen molar-refractivity contribution in [3.8, 4) is 5.75 Å². The SMILES string of the molecule is C[C@@H](O)[C@H]1C(=O)N2C(C(=O)Oc3ccc([N+](=O)[O-])cc3)=C(SC3CN(C4=NCCS4)C3)[C@H](C)[C@H]12. The first-order valence-electron chi connectivity index (χ1n) is 11.1. The van der Waals surface area contributed by atoms with E-state index >= 15 is 0 Å². The van der Waals surface area contributed by atoms with E-state index in [1.165, 1.54) is 29.2 Å². The zero-order valence-corrected chi connectivity index (χ0v) is 20.3. The number of rotatable bonds is 6. The van der Waals surface area contributed by atoms with Gasteiger partial charge in [-0.1, -0.05) is 18.7 Å². The number of likely N-dealkylation sites (tertiary alicyclic amines) is 1. The van der Waals surface area contributed by atoms with E-state index in [0.717, 1.165) is 35.5 Å². The number of nitrogens with zero attached hydrogens (tertiary/aromatic N) is 4. The highest BCUT2D eigenvalue weighted by Crippen LogP contribution is 2.52. The molecule has 2 fully saturated rings. The van der Waals surface area contributed by atoms with Crippen molar-refractivity contribution in [2.24, 2.45) is 16.8 Å². The number of carbonyl (C=O) groups excluding carboxylic acids is 2. The number of ether oxygens (including phenoxy) is 1. The number of aliphatic hydroxyl groups is 1. The smallest absolute Gasteiger partial charge is 0.361 e. The minimum Gasteiger partial charge on any atom is -0.422 e. The van der Waals surface area contributed by atoms with E-state index in [2.05, 4.69) is 9.89 Å². The standard InChI is InChI=1S/C22H24N4O6S2/c1-11-17-16(12(2)27)20(28)25(17)18(21(29)32-14-5-3-13(4-6-14)26(30)31)19(11)34-15-9-24(10-15)22-23-7-8-33-22/h3-6,11-12,15-17,27H,7-10H2,1-2H3/t11-,12-,16-,17-/m1/s1. The lowest BCUT2D eigenvalue weighted by Gasteiger charge is -2.46. The maximum Gasteiger partial charge on any atom is 0.361 e. The Hall–Kier alpha value is -2.57. The molecule has 0 radical (unpaired) electrons. The molecule has 4 atom stereocenters. The summed E-state index contributed by atoms with van der Waals surface area (Å²) >= 11 is 3.34. The number of β-lactam (4-membered cyclic amide) rings is 1. The Morgan fingerprint density at radius 1 is 1.35 bits per heavy atom. The Morgan fingerprint density at radius 2 is 2.06 bits per heavy atom. The molecule has 0 unspecified atom stereocenters. The molecule has 34 heavy (non-hydrogen) atoms. The van der Waals surface area contributed by atoms with Crippen molar-refractivity contribution < 1.29 is 24.4 Å². The van der Waals surface area contributed by atoms with Gasteiger partial charge in [0.25, 0.3) is 5.69 Å². The summed E-state index contributed by atoms with van der Waals surface area (Å²) in [5.41, 5.74) is 0.107. The topological polar surface area (TPSA) is 126 Å². The van der Waals surface area contributed by atoms with Gasteiger partial charge < -0.3 is 19.6 Å². The maximum atomic E-state index is 13.2. The minimum atomic E-state index is -0.816. The number of aliphatic imine (C=N–C) groups is 1. The number of esters is 1. The van der Waals surface area contributed by atoms with E-state index in [1.54, 1.807) is 30.4 Å². The predicted molar refractivity (Wildman–Crippen MR) is 128 cm³/mol. The van der Waals surface area contributed by atoms with Crippen LogP contribution in [0, 0.1) is 22.0 Å². The second-order valence-electron chi connectivity index (χ2n) is 8.76. The third kappa shape index (κ3) is 3.87. The monoisotopic (exact) mass is 504 g/mol. The van der Waals surface area contributed by atoms with Gasteiger partial charge in [-0.2, -0.15) is 0 Å². The summed E-state index contributed by atoms with van der Waals surface area (Å²) < 4.78 is 5.52. The molecule has 4 heterocycles. The van der Waals surface area contributed by atoms with Gasteiger partial charge in [-0.25, -0.2) is 4.79 Å². The Balaban J connectivity index is 1.37. The van der Waals surface area contributed by atoms with Crippen molar-refractivity contribution in [1.29, 1.82) is 0 Å². The number of nitro groups is 1. The highest BCUT2D eigenvalue weighted by Gasteiger charge is 2.60. The second-order valence-corrected chi connectivity index (χ2v) is 11.2. The van der Waals surface area contributed by atoms with E-state index < -0.39 is 22.9 Å². The summed E-state index contributed by atoms with van der Waals surface area (Å²) in [6.07, 6.45) is -0.816. The van der Waals surface area contributed by atoms with Gasteiger partial charge in [0.1, 0.15) is 11.4 Å². The quantitative estimate of drug-likeness (QED) is 0.204. The van der Waals surface area contributed by atoms with Crippen molar-refractivity contribution >= 4 is 46.3 Å². The summed E-state index contributed by atoms with van der Waals surface area (Å²) in [6.45, 7) is 6.04. The van der Waals surface area contributed by atoms with Gasteiger partial charge in [-0.15, -0.1) is 11.8 Å². The lowest BCUT2D eigenvalue weighted by Crippen LogP contribution is -2.63. The van der Waals surface area contributed by atoms with E-state index in [4.69, 9.17) is 4.74 Å². The van der Waals surface area contributed by atoms with Crippen LogP contribution in [0.3, 0.4) is 0 Å². The Bertz CT molecular complexity index is 1100. The van der Waals surface area contributed by atoms with Crippen LogP contribution >= 0.6 is 23.5 Å². The van der Waals surface area contributed by atoms with Gasteiger partial charge in [-0.05, 0) is 19.1 Å². The molecule has 1 N–H and O–H groups in total. The van der Waals surface area contributed by atoms with Crippen LogP contribution in [-0.2, 0) is 9.59 Å². The lowest BCUT2D eigenvalue weighted by molar-refractivity contribution is -0.384. The molecule has 0 spiro atoms. The summed E-state index contributed by atoms with van der Waals surface area (Å²) in [5, 5.41) is 22.4. The second kappa shape index (κ2) is 8.90. The number of amides is 1. The molecule has 0 aromatic heterocycles. The van der Waals surface area contributed by atoms with E-state index in [9.17, 15) is 24.8 Å². The Labute approximate surface area is 204 Å². The van der Waals surface area contributed by atoms with E-state index in [-0.39, 0.29) is 40.3 Å². The molecule has 0 aliphatic carbocycles. The summed E-state index contributed by atoms with van der Waals surface area (Å²) in [7, 11) is 0. The molecule has 1 aromatic rings. The fourth-order valence-electron chi connectivity index (χ4n) is 4.82. The number of benzene rings is 1. The fourth-order valence-corrected chi connectivity index (χ4v) is 7.22. The van der Waals surface area contributed by atoms with Crippen molar-refractivity contribution in [3.05, 3.63) is 45.0 Å². The molecule has 0 saturated carbocycles. The van der Waals surface area contributed by atoms with Gasteiger partial charge in [-0.3, -0.25) is 19.9 Å². The van der Waals surface area contributed by atoms with Gasteiger partial charge in [0, 0.05) is 47.0 Å². The maximum absolute atomic E-state index is 13.2.